The van der Waals surface area contributed by atoms with E-state index in [4.69, 9.17) is 9.47 Å². The number of hydrogen-bond donors (Lipinski definition) is 1. The van der Waals surface area contributed by atoms with Crippen LogP contribution in [0.3, 0.4) is 0 Å². The maximum atomic E-state index is 12.2. The Morgan fingerprint density at radius 1 is 1.04 bits per heavy atom. The maximum absolute atomic E-state index is 12.2. The van der Waals surface area contributed by atoms with Crippen LogP contribution in [0.1, 0.15) is 18.9 Å². The molecule has 0 atom stereocenters. The average molecular weight is 356 g/mol. The SMILES string of the molecule is COc1ccc(N(CCC(=O)Nc2cccc(C)c2)C(C)=O)cc1OC. The van der Waals surface area contributed by atoms with Gasteiger partial charge in [0.1, 0.15) is 0 Å². The second-order valence-corrected chi connectivity index (χ2v) is 5.88. The van der Waals surface area contributed by atoms with Crippen molar-refractivity contribution in [1.82, 2.24) is 0 Å². The van der Waals surface area contributed by atoms with Crippen LogP contribution in [0.25, 0.3) is 0 Å². The van der Waals surface area contributed by atoms with Crippen LogP contribution in [0.5, 0.6) is 11.5 Å². The molecule has 2 aromatic carbocycles. The van der Waals surface area contributed by atoms with E-state index in [1.54, 1.807) is 25.3 Å². The summed E-state index contributed by atoms with van der Waals surface area (Å²) < 4.78 is 10.5. The lowest BCUT2D eigenvalue weighted by molar-refractivity contribution is -0.117. The zero-order chi connectivity index (χ0) is 19.1. The number of benzene rings is 2. The second-order valence-electron chi connectivity index (χ2n) is 5.88. The molecule has 0 spiro atoms. The molecule has 0 fully saturated rings. The molecule has 138 valence electrons. The summed E-state index contributed by atoms with van der Waals surface area (Å²) in [6.07, 6.45) is 0.182. The normalized spacial score (nSPS) is 10.2. The van der Waals surface area contributed by atoms with Gasteiger partial charge in [-0.1, -0.05) is 12.1 Å². The van der Waals surface area contributed by atoms with E-state index < -0.39 is 0 Å². The van der Waals surface area contributed by atoms with E-state index in [1.807, 2.05) is 31.2 Å². The Bertz CT molecular complexity index is 789. The van der Waals surface area contributed by atoms with Gasteiger partial charge in [-0.2, -0.15) is 0 Å². The average Bonchev–Trinajstić information content (AvgIpc) is 2.61. The highest BCUT2D eigenvalue weighted by molar-refractivity contribution is 5.95. The van der Waals surface area contributed by atoms with Gasteiger partial charge in [-0.15, -0.1) is 0 Å². The predicted octanol–water partition coefficient (Wildman–Crippen LogP) is 3.39. The molecule has 2 rings (SSSR count). The summed E-state index contributed by atoms with van der Waals surface area (Å²) in [6, 6.07) is 12.8. The molecule has 2 amide bonds. The number of methoxy groups -OCH3 is 2. The van der Waals surface area contributed by atoms with E-state index in [2.05, 4.69) is 5.32 Å². The van der Waals surface area contributed by atoms with Crippen molar-refractivity contribution in [3.05, 3.63) is 48.0 Å². The number of aryl methyl sites for hydroxylation is 1. The summed E-state index contributed by atoms with van der Waals surface area (Å²) in [5.41, 5.74) is 2.47. The Balaban J connectivity index is 2.06. The molecule has 6 heteroatoms. The fraction of sp³-hybridized carbons (Fsp3) is 0.300. The molecule has 2 aromatic rings. The third-order valence-electron chi connectivity index (χ3n) is 3.92. The van der Waals surface area contributed by atoms with Gasteiger partial charge >= 0.3 is 0 Å². The standard InChI is InChI=1S/C20H24N2O4/c1-14-6-5-7-16(12-14)21-20(24)10-11-22(15(2)23)17-8-9-18(25-3)19(13-17)26-4/h5-9,12-13H,10-11H2,1-4H3,(H,21,24). The van der Waals surface area contributed by atoms with Gasteiger partial charge in [0.25, 0.3) is 0 Å². The lowest BCUT2D eigenvalue weighted by Crippen LogP contribution is -2.32. The van der Waals surface area contributed by atoms with Crippen molar-refractivity contribution in [3.8, 4) is 11.5 Å². The largest absolute Gasteiger partial charge is 0.493 e. The van der Waals surface area contributed by atoms with E-state index in [9.17, 15) is 9.59 Å². The zero-order valence-electron chi connectivity index (χ0n) is 15.5. The van der Waals surface area contributed by atoms with Crippen LogP contribution >= 0.6 is 0 Å². The zero-order valence-corrected chi connectivity index (χ0v) is 15.5. The van der Waals surface area contributed by atoms with Crippen molar-refractivity contribution in [1.29, 1.82) is 0 Å². The van der Waals surface area contributed by atoms with Crippen LogP contribution in [0, 0.1) is 6.92 Å². The van der Waals surface area contributed by atoms with Crippen molar-refractivity contribution >= 4 is 23.2 Å². The number of carbonyl (C=O) groups excluding carboxylic acids is 2. The Morgan fingerprint density at radius 3 is 2.38 bits per heavy atom. The third kappa shape index (κ3) is 4.99. The molecular formula is C20H24N2O4. The Kier molecular flexibility index (Phi) is 6.60. The first kappa shape index (κ1) is 19.3. The fourth-order valence-corrected chi connectivity index (χ4v) is 2.62. The van der Waals surface area contributed by atoms with E-state index in [0.29, 0.717) is 17.2 Å². The van der Waals surface area contributed by atoms with E-state index >= 15 is 0 Å². The lowest BCUT2D eigenvalue weighted by atomic mass is 10.2. The molecule has 0 aliphatic carbocycles. The summed E-state index contributed by atoms with van der Waals surface area (Å²) in [5, 5.41) is 2.85. The van der Waals surface area contributed by atoms with Crippen molar-refractivity contribution in [2.45, 2.75) is 20.3 Å². The summed E-state index contributed by atoms with van der Waals surface area (Å²) in [5.74, 6) is 0.806. The van der Waals surface area contributed by atoms with Crippen molar-refractivity contribution in [2.24, 2.45) is 0 Å². The van der Waals surface area contributed by atoms with Gasteiger partial charge in [0.15, 0.2) is 11.5 Å². The Morgan fingerprint density at radius 2 is 1.77 bits per heavy atom. The minimum absolute atomic E-state index is 0.151. The molecule has 1 N–H and O–H groups in total. The number of rotatable bonds is 7. The Hall–Kier alpha value is -3.02. The molecule has 0 bridgehead atoms. The van der Waals surface area contributed by atoms with Crippen molar-refractivity contribution < 1.29 is 19.1 Å². The van der Waals surface area contributed by atoms with Gasteiger partial charge in [0.05, 0.1) is 14.2 Å². The fourth-order valence-electron chi connectivity index (χ4n) is 2.62. The van der Waals surface area contributed by atoms with Gasteiger partial charge in [-0.25, -0.2) is 0 Å². The smallest absolute Gasteiger partial charge is 0.226 e. The van der Waals surface area contributed by atoms with Crippen molar-refractivity contribution in [3.63, 3.8) is 0 Å². The number of nitrogens with zero attached hydrogens (tertiary/aromatic N) is 1. The molecular weight excluding hydrogens is 332 g/mol. The summed E-state index contributed by atoms with van der Waals surface area (Å²) >= 11 is 0. The van der Waals surface area contributed by atoms with Crippen LogP contribution in [-0.4, -0.2) is 32.6 Å². The van der Waals surface area contributed by atoms with Gasteiger partial charge in [-0.3, -0.25) is 9.59 Å². The van der Waals surface area contributed by atoms with E-state index in [1.165, 1.54) is 18.9 Å². The summed E-state index contributed by atoms with van der Waals surface area (Å²) in [7, 11) is 3.09. The highest BCUT2D eigenvalue weighted by Crippen LogP contribution is 2.31. The quantitative estimate of drug-likeness (QED) is 0.826. The molecule has 0 aliphatic rings. The number of amides is 2. The minimum atomic E-state index is -0.152. The summed E-state index contributed by atoms with van der Waals surface area (Å²) in [4.78, 5) is 25.8. The first-order valence-electron chi connectivity index (χ1n) is 8.31. The van der Waals surface area contributed by atoms with Crippen LogP contribution < -0.4 is 19.7 Å². The molecule has 0 radical (unpaired) electrons. The number of nitrogens with one attached hydrogen (secondary N) is 1. The van der Waals surface area contributed by atoms with Crippen LogP contribution in [-0.2, 0) is 9.59 Å². The molecule has 26 heavy (non-hydrogen) atoms. The number of hydrogen-bond acceptors (Lipinski definition) is 4. The first-order chi connectivity index (χ1) is 12.4. The summed E-state index contributed by atoms with van der Waals surface area (Å²) in [6.45, 7) is 3.70. The topological polar surface area (TPSA) is 67.9 Å². The molecule has 0 aliphatic heterocycles. The van der Waals surface area contributed by atoms with Gasteiger partial charge in [0, 0.05) is 37.3 Å². The highest BCUT2D eigenvalue weighted by atomic mass is 16.5. The molecule has 0 saturated heterocycles. The molecule has 6 nitrogen and oxygen atoms in total. The highest BCUT2D eigenvalue weighted by Gasteiger charge is 2.16. The van der Waals surface area contributed by atoms with Crippen LogP contribution in [0.2, 0.25) is 0 Å². The minimum Gasteiger partial charge on any atom is -0.493 e. The molecule has 0 heterocycles. The maximum Gasteiger partial charge on any atom is 0.226 e. The number of ether oxygens (including phenoxy) is 2. The lowest BCUT2D eigenvalue weighted by Gasteiger charge is -2.22. The number of carbonyl (C=O) groups is 2. The van der Waals surface area contributed by atoms with E-state index in [0.717, 1.165) is 11.3 Å². The monoisotopic (exact) mass is 356 g/mol. The number of anilines is 2. The van der Waals surface area contributed by atoms with Crippen molar-refractivity contribution in [2.75, 3.05) is 31.0 Å². The first-order valence-corrected chi connectivity index (χ1v) is 8.31. The third-order valence-corrected chi connectivity index (χ3v) is 3.92. The molecule has 0 saturated carbocycles. The predicted molar refractivity (Wildman–Crippen MR) is 102 cm³/mol. The Labute approximate surface area is 153 Å². The molecule has 0 aromatic heterocycles. The van der Waals surface area contributed by atoms with Gasteiger partial charge in [0.2, 0.25) is 11.8 Å². The van der Waals surface area contributed by atoms with Crippen LogP contribution in [0.15, 0.2) is 42.5 Å². The van der Waals surface area contributed by atoms with Gasteiger partial charge < -0.3 is 19.7 Å². The van der Waals surface area contributed by atoms with Crippen LogP contribution in [0.4, 0.5) is 11.4 Å². The van der Waals surface area contributed by atoms with Gasteiger partial charge in [-0.05, 0) is 36.8 Å². The molecule has 0 unspecified atom stereocenters. The van der Waals surface area contributed by atoms with E-state index in [-0.39, 0.29) is 24.8 Å². The second kappa shape index (κ2) is 8.89.